The number of anilines is 1. The second kappa shape index (κ2) is 10.4. The van der Waals surface area contributed by atoms with Crippen molar-refractivity contribution in [3.05, 3.63) is 5.01 Å². The lowest BCUT2D eigenvalue weighted by atomic mass is 9.69. The minimum atomic E-state index is -5.08. The first-order chi connectivity index (χ1) is 14.1. The van der Waals surface area contributed by atoms with Gasteiger partial charge in [-0.2, -0.15) is 13.2 Å². The summed E-state index contributed by atoms with van der Waals surface area (Å²) < 4.78 is 42.3. The van der Waals surface area contributed by atoms with Crippen molar-refractivity contribution >= 4 is 28.3 Å². The van der Waals surface area contributed by atoms with Gasteiger partial charge in [-0.3, -0.25) is 4.79 Å². The van der Waals surface area contributed by atoms with Gasteiger partial charge in [0, 0.05) is 26.8 Å². The van der Waals surface area contributed by atoms with Crippen molar-refractivity contribution in [2.75, 3.05) is 44.9 Å². The van der Waals surface area contributed by atoms with E-state index in [1.165, 1.54) is 7.11 Å². The van der Waals surface area contributed by atoms with E-state index in [1.54, 1.807) is 11.3 Å². The summed E-state index contributed by atoms with van der Waals surface area (Å²) in [5, 5.41) is 20.6. The largest absolute Gasteiger partial charge is 0.490 e. The topological polar surface area (TPSA) is 114 Å². The Morgan fingerprint density at radius 1 is 1.33 bits per heavy atom. The van der Waals surface area contributed by atoms with Crippen LogP contribution in [0.2, 0.25) is 0 Å². The molecule has 3 heterocycles. The molecule has 1 atom stereocenters. The number of nitrogens with one attached hydrogen (secondary N) is 1. The highest BCUT2D eigenvalue weighted by Gasteiger charge is 2.44. The van der Waals surface area contributed by atoms with Crippen molar-refractivity contribution in [3.63, 3.8) is 0 Å². The Balaban J connectivity index is 0.000000396. The molecule has 1 spiro atoms. The summed E-state index contributed by atoms with van der Waals surface area (Å²) in [5.41, 5.74) is 0.123. The molecule has 1 aromatic rings. The number of rotatable bonds is 4. The molecule has 1 amide bonds. The van der Waals surface area contributed by atoms with E-state index in [4.69, 9.17) is 19.4 Å². The van der Waals surface area contributed by atoms with Crippen LogP contribution in [-0.4, -0.2) is 79.4 Å². The molecule has 0 aromatic carbocycles. The average molecular weight is 454 g/mol. The quantitative estimate of drug-likeness (QED) is 0.706. The van der Waals surface area contributed by atoms with Crippen LogP contribution in [0.1, 0.15) is 24.3 Å². The number of carbonyl (C=O) groups excluding carboxylic acids is 1. The number of hydrogen-bond acceptors (Lipinski definition) is 8. The number of carboxylic acids is 1. The first kappa shape index (κ1) is 24.3. The number of nitrogens with zero attached hydrogens (tertiary/aromatic N) is 3. The molecular formula is C17H25F3N4O5S. The lowest BCUT2D eigenvalue weighted by Crippen LogP contribution is -2.58. The molecule has 2 N–H and O–H groups in total. The molecule has 0 radical (unpaired) electrons. The zero-order valence-electron chi connectivity index (χ0n) is 16.7. The van der Waals surface area contributed by atoms with Gasteiger partial charge in [-0.1, -0.05) is 11.3 Å². The molecule has 0 aliphatic carbocycles. The molecule has 9 nitrogen and oxygen atoms in total. The predicted octanol–water partition coefficient (Wildman–Crippen LogP) is 1.62. The second-order valence-corrected chi connectivity index (χ2v) is 8.29. The number of aromatic nitrogens is 2. The lowest BCUT2D eigenvalue weighted by Gasteiger charge is -2.49. The number of alkyl halides is 3. The number of methoxy groups -OCH3 is 1. The van der Waals surface area contributed by atoms with E-state index >= 15 is 0 Å². The monoisotopic (exact) mass is 454 g/mol. The molecule has 0 saturated carbocycles. The molecule has 2 saturated heterocycles. The molecule has 1 aromatic heterocycles. The van der Waals surface area contributed by atoms with Crippen LogP contribution in [0.5, 0.6) is 0 Å². The fourth-order valence-electron chi connectivity index (χ4n) is 3.55. The van der Waals surface area contributed by atoms with Gasteiger partial charge in [-0.05, 0) is 31.6 Å². The third kappa shape index (κ3) is 6.51. The van der Waals surface area contributed by atoms with Gasteiger partial charge in [-0.25, -0.2) is 4.79 Å². The Morgan fingerprint density at radius 3 is 2.47 bits per heavy atom. The number of carboxylic acid groups (broad SMARTS) is 1. The maximum absolute atomic E-state index is 11.9. The lowest BCUT2D eigenvalue weighted by molar-refractivity contribution is -0.192. The van der Waals surface area contributed by atoms with Crippen LogP contribution >= 0.6 is 11.3 Å². The van der Waals surface area contributed by atoms with E-state index in [1.807, 2.05) is 6.92 Å². The average Bonchev–Trinajstić information content (AvgIpc) is 3.11. The van der Waals surface area contributed by atoms with Crippen LogP contribution in [0.3, 0.4) is 0 Å². The van der Waals surface area contributed by atoms with E-state index in [-0.39, 0.29) is 24.0 Å². The standard InChI is InChI=1S/C15H24N4O3S.C2HF3O2/c1-11-17-18-14(23-11)19-6-3-15(4-7-19)5-8-22-9-12(15)16-13(20)10-21-2;3-2(4,5)1(6)7/h12H,3-10H2,1-2H3,(H,16,20);(H,6,7). The number of aliphatic carboxylic acids is 1. The fraction of sp³-hybridized carbons (Fsp3) is 0.765. The van der Waals surface area contributed by atoms with E-state index < -0.39 is 12.1 Å². The number of aryl methyl sites for hydroxylation is 1. The molecule has 13 heteroatoms. The van der Waals surface area contributed by atoms with E-state index in [0.29, 0.717) is 6.61 Å². The van der Waals surface area contributed by atoms with Gasteiger partial charge >= 0.3 is 12.1 Å². The molecule has 2 aliphatic rings. The van der Waals surface area contributed by atoms with Crippen LogP contribution in [0.25, 0.3) is 0 Å². The smallest absolute Gasteiger partial charge is 0.475 e. The minimum absolute atomic E-state index is 0.0652. The highest BCUT2D eigenvalue weighted by molar-refractivity contribution is 7.15. The summed E-state index contributed by atoms with van der Waals surface area (Å²) in [5.74, 6) is -2.82. The van der Waals surface area contributed by atoms with Gasteiger partial charge in [0.15, 0.2) is 0 Å². The maximum atomic E-state index is 11.9. The number of ether oxygens (including phenoxy) is 2. The summed E-state index contributed by atoms with van der Waals surface area (Å²) in [4.78, 5) is 23.1. The van der Waals surface area contributed by atoms with Crippen molar-refractivity contribution in [1.82, 2.24) is 15.5 Å². The molecule has 0 bridgehead atoms. The van der Waals surface area contributed by atoms with Crippen molar-refractivity contribution in [2.45, 2.75) is 38.4 Å². The summed E-state index contributed by atoms with van der Waals surface area (Å²) >= 11 is 1.64. The minimum Gasteiger partial charge on any atom is -0.475 e. The van der Waals surface area contributed by atoms with Gasteiger partial charge in [0.25, 0.3) is 0 Å². The fourth-order valence-corrected chi connectivity index (χ4v) is 4.28. The third-order valence-corrected chi connectivity index (χ3v) is 6.07. The van der Waals surface area contributed by atoms with E-state index in [0.717, 1.165) is 49.1 Å². The van der Waals surface area contributed by atoms with E-state index in [9.17, 15) is 18.0 Å². The van der Waals surface area contributed by atoms with Crippen LogP contribution in [0, 0.1) is 12.3 Å². The maximum Gasteiger partial charge on any atom is 0.490 e. The SMILES string of the molecule is COCC(=O)NC1COCCC12CCN(c1nnc(C)s1)CC2.O=C(O)C(F)(F)F. The Bertz CT molecular complexity index is 722. The first-order valence-electron chi connectivity index (χ1n) is 9.28. The summed E-state index contributed by atoms with van der Waals surface area (Å²) in [7, 11) is 1.54. The van der Waals surface area contributed by atoms with Gasteiger partial charge in [0.2, 0.25) is 11.0 Å². The highest BCUT2D eigenvalue weighted by atomic mass is 32.1. The van der Waals surface area contributed by atoms with Crippen molar-refractivity contribution in [3.8, 4) is 0 Å². The summed E-state index contributed by atoms with van der Waals surface area (Å²) in [6.07, 6.45) is -2.02. The van der Waals surface area contributed by atoms with Crippen molar-refractivity contribution in [1.29, 1.82) is 0 Å². The molecule has 3 rings (SSSR count). The third-order valence-electron chi connectivity index (χ3n) is 5.17. The Hall–Kier alpha value is -1.99. The number of piperidine rings is 1. The van der Waals surface area contributed by atoms with Crippen LogP contribution in [0.15, 0.2) is 0 Å². The van der Waals surface area contributed by atoms with Gasteiger partial charge in [0.05, 0.1) is 12.6 Å². The molecule has 30 heavy (non-hydrogen) atoms. The number of halogens is 3. The van der Waals surface area contributed by atoms with E-state index in [2.05, 4.69) is 20.4 Å². The summed E-state index contributed by atoms with van der Waals surface area (Å²) in [6.45, 7) is 5.34. The summed E-state index contributed by atoms with van der Waals surface area (Å²) in [6, 6.07) is 0.0669. The zero-order valence-corrected chi connectivity index (χ0v) is 17.5. The highest BCUT2D eigenvalue weighted by Crippen LogP contribution is 2.42. The molecule has 170 valence electrons. The first-order valence-corrected chi connectivity index (χ1v) is 10.1. The predicted molar refractivity (Wildman–Crippen MR) is 101 cm³/mol. The van der Waals surface area contributed by atoms with Gasteiger partial charge < -0.3 is 24.8 Å². The Labute approximate surface area is 175 Å². The van der Waals surface area contributed by atoms with Gasteiger partial charge in [0.1, 0.15) is 11.6 Å². The van der Waals surface area contributed by atoms with Gasteiger partial charge in [-0.15, -0.1) is 10.2 Å². The Morgan fingerprint density at radius 2 is 1.97 bits per heavy atom. The molecule has 2 fully saturated rings. The number of hydrogen-bond donors (Lipinski definition) is 2. The molecular weight excluding hydrogens is 429 g/mol. The Kier molecular flexibility index (Phi) is 8.38. The molecule has 2 aliphatic heterocycles. The number of amides is 1. The van der Waals surface area contributed by atoms with Crippen molar-refractivity contribution in [2.24, 2.45) is 5.41 Å². The van der Waals surface area contributed by atoms with Crippen LogP contribution in [-0.2, 0) is 19.1 Å². The second-order valence-electron chi connectivity index (χ2n) is 7.13. The number of carbonyl (C=O) groups is 2. The normalized spacial score (nSPS) is 21.0. The van der Waals surface area contributed by atoms with Crippen LogP contribution < -0.4 is 10.2 Å². The van der Waals surface area contributed by atoms with Crippen LogP contribution in [0.4, 0.5) is 18.3 Å². The van der Waals surface area contributed by atoms with Crippen molar-refractivity contribution < 1.29 is 37.3 Å². The molecule has 1 unspecified atom stereocenters. The zero-order chi connectivity index (χ0) is 22.4.